The highest BCUT2D eigenvalue weighted by molar-refractivity contribution is 6.35. The predicted molar refractivity (Wildman–Crippen MR) is 95.2 cm³/mol. The van der Waals surface area contributed by atoms with Crippen molar-refractivity contribution in [1.29, 1.82) is 0 Å². The number of H-pyrrole nitrogens is 1. The van der Waals surface area contributed by atoms with Crippen molar-refractivity contribution in [2.24, 2.45) is 0 Å². The van der Waals surface area contributed by atoms with E-state index in [1.54, 1.807) is 18.2 Å². The summed E-state index contributed by atoms with van der Waals surface area (Å²) in [5.74, 6) is 1.16. The van der Waals surface area contributed by atoms with Crippen LogP contribution in [0, 0.1) is 0 Å². The molecule has 1 aliphatic carbocycles. The molecule has 3 rings (SSSR count). The fourth-order valence-corrected chi connectivity index (χ4v) is 2.72. The highest BCUT2D eigenvalue weighted by Gasteiger charge is 2.26. The molecule has 132 valence electrons. The van der Waals surface area contributed by atoms with E-state index in [4.69, 9.17) is 16.3 Å². The lowest BCUT2D eigenvalue weighted by atomic mass is 10.2. The maximum Gasteiger partial charge on any atom is 0.253 e. The Morgan fingerprint density at radius 1 is 1.44 bits per heavy atom. The molecule has 1 heterocycles. The van der Waals surface area contributed by atoms with Gasteiger partial charge in [-0.1, -0.05) is 17.7 Å². The van der Waals surface area contributed by atoms with Gasteiger partial charge >= 0.3 is 0 Å². The molecule has 1 aliphatic rings. The number of aromatic amines is 1. The highest BCUT2D eigenvalue weighted by atomic mass is 35.5. The number of hydrogen-bond acceptors (Lipinski definition) is 4. The molecule has 1 aromatic carbocycles. The Labute approximate surface area is 150 Å². The number of carbonyl (C=O) groups excluding carboxylic acids is 1. The van der Waals surface area contributed by atoms with Crippen molar-refractivity contribution in [3.8, 4) is 5.75 Å². The van der Waals surface area contributed by atoms with Gasteiger partial charge in [0.2, 0.25) is 0 Å². The van der Waals surface area contributed by atoms with Gasteiger partial charge < -0.3 is 15.0 Å². The topological polar surface area (TPSA) is 84.1 Å². The number of ether oxygens (including phenoxy) is 1. The van der Waals surface area contributed by atoms with Gasteiger partial charge in [0.15, 0.2) is 0 Å². The van der Waals surface area contributed by atoms with Crippen LogP contribution in [0.4, 0.5) is 0 Å². The van der Waals surface area contributed by atoms with Crippen molar-refractivity contribution in [3.05, 3.63) is 56.7 Å². The Morgan fingerprint density at radius 2 is 2.20 bits per heavy atom. The van der Waals surface area contributed by atoms with Gasteiger partial charge in [-0.2, -0.15) is 0 Å². The van der Waals surface area contributed by atoms with Crippen LogP contribution in [-0.2, 0) is 6.54 Å². The maximum absolute atomic E-state index is 12.4. The SMILES string of the molecule is CC(C)Oc1cccc(C(=O)NCc2cc(=O)[nH]c(C3CC3)n2)c1Cl. The second kappa shape index (κ2) is 7.27. The summed E-state index contributed by atoms with van der Waals surface area (Å²) in [7, 11) is 0. The summed E-state index contributed by atoms with van der Waals surface area (Å²) in [5, 5.41) is 3.03. The van der Waals surface area contributed by atoms with Crippen LogP contribution < -0.4 is 15.6 Å². The molecule has 0 atom stereocenters. The first kappa shape index (κ1) is 17.5. The van der Waals surface area contributed by atoms with Gasteiger partial charge in [-0.25, -0.2) is 4.98 Å². The van der Waals surface area contributed by atoms with E-state index < -0.39 is 0 Å². The zero-order chi connectivity index (χ0) is 18.0. The van der Waals surface area contributed by atoms with Gasteiger partial charge in [-0.3, -0.25) is 9.59 Å². The van der Waals surface area contributed by atoms with Gasteiger partial charge in [-0.15, -0.1) is 0 Å². The number of carbonyl (C=O) groups is 1. The van der Waals surface area contributed by atoms with Crippen LogP contribution in [0.25, 0.3) is 0 Å². The first-order valence-corrected chi connectivity index (χ1v) is 8.65. The molecular weight excluding hydrogens is 342 g/mol. The summed E-state index contributed by atoms with van der Waals surface area (Å²) < 4.78 is 5.59. The molecule has 0 saturated heterocycles. The Balaban J connectivity index is 1.72. The molecule has 1 fully saturated rings. The molecular formula is C18H20ClN3O3. The van der Waals surface area contributed by atoms with Crippen LogP contribution in [0.3, 0.4) is 0 Å². The number of nitrogens with zero attached hydrogens (tertiary/aromatic N) is 1. The van der Waals surface area contributed by atoms with E-state index >= 15 is 0 Å². The summed E-state index contributed by atoms with van der Waals surface area (Å²) >= 11 is 6.27. The van der Waals surface area contributed by atoms with Crippen LogP contribution >= 0.6 is 11.6 Å². The monoisotopic (exact) mass is 361 g/mol. The molecule has 1 aromatic heterocycles. The molecule has 7 heteroatoms. The lowest BCUT2D eigenvalue weighted by Crippen LogP contribution is -2.25. The summed E-state index contributed by atoms with van der Waals surface area (Å²) in [4.78, 5) is 31.3. The van der Waals surface area contributed by atoms with Crippen LogP contribution in [0.1, 0.15) is 54.5 Å². The third-order valence-corrected chi connectivity index (χ3v) is 4.17. The quantitative estimate of drug-likeness (QED) is 0.828. The number of nitrogens with one attached hydrogen (secondary N) is 2. The van der Waals surface area contributed by atoms with Crippen LogP contribution in [0.5, 0.6) is 5.75 Å². The lowest BCUT2D eigenvalue weighted by Gasteiger charge is -2.13. The average molecular weight is 362 g/mol. The molecule has 0 radical (unpaired) electrons. The number of aromatic nitrogens is 2. The van der Waals surface area contributed by atoms with E-state index in [2.05, 4.69) is 15.3 Å². The molecule has 0 spiro atoms. The van der Waals surface area contributed by atoms with E-state index in [0.29, 0.717) is 28.7 Å². The molecule has 1 saturated carbocycles. The zero-order valence-electron chi connectivity index (χ0n) is 14.1. The standard InChI is InChI=1S/C18H20ClN3O3/c1-10(2)25-14-5-3-4-13(16(14)19)18(24)20-9-12-8-15(23)22-17(21-12)11-6-7-11/h3-5,8,10-11H,6-7,9H2,1-2H3,(H,20,24)(H,21,22,23). The number of rotatable bonds is 6. The zero-order valence-corrected chi connectivity index (χ0v) is 14.9. The minimum Gasteiger partial charge on any atom is -0.489 e. The second-order valence-electron chi connectivity index (χ2n) is 6.36. The molecule has 2 aromatic rings. The molecule has 0 aliphatic heterocycles. The fourth-order valence-electron chi connectivity index (χ4n) is 2.47. The Bertz CT molecular complexity index is 844. The number of halogens is 1. The number of benzene rings is 1. The van der Waals surface area contributed by atoms with E-state index in [1.807, 2.05) is 13.8 Å². The minimum absolute atomic E-state index is 0.0445. The Kier molecular flexibility index (Phi) is 5.08. The Morgan fingerprint density at radius 3 is 2.88 bits per heavy atom. The normalized spacial score (nSPS) is 13.8. The van der Waals surface area contributed by atoms with Crippen LogP contribution in [0.15, 0.2) is 29.1 Å². The van der Waals surface area contributed by atoms with Crippen LogP contribution in [-0.4, -0.2) is 22.0 Å². The summed E-state index contributed by atoms with van der Waals surface area (Å²) in [6.45, 7) is 3.94. The van der Waals surface area contributed by atoms with E-state index in [0.717, 1.165) is 12.8 Å². The van der Waals surface area contributed by atoms with Gasteiger partial charge in [0.05, 0.1) is 28.9 Å². The van der Waals surface area contributed by atoms with Crippen LogP contribution in [0.2, 0.25) is 5.02 Å². The van der Waals surface area contributed by atoms with Gasteiger partial charge in [0.25, 0.3) is 11.5 Å². The van der Waals surface area contributed by atoms with Crippen molar-refractivity contribution in [2.75, 3.05) is 0 Å². The fraction of sp³-hybridized carbons (Fsp3) is 0.389. The number of hydrogen-bond donors (Lipinski definition) is 2. The van der Waals surface area contributed by atoms with E-state index in [-0.39, 0.29) is 29.1 Å². The second-order valence-corrected chi connectivity index (χ2v) is 6.74. The predicted octanol–water partition coefficient (Wildman–Crippen LogP) is 3.02. The first-order valence-electron chi connectivity index (χ1n) is 8.27. The molecule has 6 nitrogen and oxygen atoms in total. The van der Waals surface area contributed by atoms with E-state index in [9.17, 15) is 9.59 Å². The summed E-state index contributed by atoms with van der Waals surface area (Å²) in [6, 6.07) is 6.46. The Hall–Kier alpha value is -2.34. The smallest absolute Gasteiger partial charge is 0.253 e. The number of amides is 1. The highest BCUT2D eigenvalue weighted by Crippen LogP contribution is 2.37. The molecule has 1 amide bonds. The maximum atomic E-state index is 12.4. The van der Waals surface area contributed by atoms with Crippen molar-refractivity contribution in [2.45, 2.75) is 45.3 Å². The van der Waals surface area contributed by atoms with Crippen molar-refractivity contribution in [3.63, 3.8) is 0 Å². The third kappa shape index (κ3) is 4.39. The van der Waals surface area contributed by atoms with Crippen molar-refractivity contribution < 1.29 is 9.53 Å². The van der Waals surface area contributed by atoms with E-state index in [1.165, 1.54) is 6.07 Å². The third-order valence-electron chi connectivity index (χ3n) is 3.78. The molecule has 0 unspecified atom stereocenters. The lowest BCUT2D eigenvalue weighted by molar-refractivity contribution is 0.0949. The minimum atomic E-state index is -0.339. The average Bonchev–Trinajstić information content (AvgIpc) is 3.38. The molecule has 2 N–H and O–H groups in total. The van der Waals surface area contributed by atoms with Crippen molar-refractivity contribution >= 4 is 17.5 Å². The largest absolute Gasteiger partial charge is 0.489 e. The van der Waals surface area contributed by atoms with Gasteiger partial charge in [-0.05, 0) is 38.8 Å². The molecule has 25 heavy (non-hydrogen) atoms. The molecule has 0 bridgehead atoms. The van der Waals surface area contributed by atoms with Gasteiger partial charge in [0.1, 0.15) is 11.6 Å². The summed E-state index contributed by atoms with van der Waals surface area (Å²) in [5.41, 5.74) is 0.656. The van der Waals surface area contributed by atoms with Crippen molar-refractivity contribution in [1.82, 2.24) is 15.3 Å². The summed E-state index contributed by atoms with van der Waals surface area (Å²) in [6.07, 6.45) is 2.03. The first-order chi connectivity index (χ1) is 11.9. The van der Waals surface area contributed by atoms with Gasteiger partial charge in [0, 0.05) is 12.0 Å².